The van der Waals surface area contributed by atoms with Crippen LogP contribution in [0.1, 0.15) is 40.0 Å². The highest BCUT2D eigenvalue weighted by atomic mass is 28.1. The molecule has 0 heterocycles. The lowest BCUT2D eigenvalue weighted by molar-refractivity contribution is 0.972. The van der Waals surface area contributed by atoms with Crippen LogP contribution < -0.4 is 0 Å². The Morgan fingerprint density at radius 3 is 2.25 bits per heavy atom. The fraction of sp³-hybridized carbons (Fsp3) is 0.636. The van der Waals surface area contributed by atoms with E-state index in [9.17, 15) is 0 Å². The van der Waals surface area contributed by atoms with Crippen molar-refractivity contribution in [2.75, 3.05) is 0 Å². The predicted octanol–water partition coefficient (Wildman–Crippen LogP) is 2.61. The Morgan fingerprint density at radius 1 is 1.17 bits per heavy atom. The van der Waals surface area contributed by atoms with Gasteiger partial charge in [-0.2, -0.15) is 0 Å². The Labute approximate surface area is 79.2 Å². The van der Waals surface area contributed by atoms with Crippen molar-refractivity contribution in [3.05, 3.63) is 22.8 Å². The third-order valence-electron chi connectivity index (χ3n) is 2.89. The summed E-state index contributed by atoms with van der Waals surface area (Å²) in [6, 6.07) is 0. The van der Waals surface area contributed by atoms with Crippen LogP contribution >= 0.6 is 0 Å². The summed E-state index contributed by atoms with van der Waals surface area (Å²) >= 11 is 0. The number of rotatable bonds is 3. The largest absolute Gasteiger partial charge is 0.0776 e. The Bertz CT molecular complexity index is 223. The number of hydrogen-bond donors (Lipinski definition) is 0. The van der Waals surface area contributed by atoms with E-state index in [-0.39, 0.29) is 0 Å². The molecule has 0 saturated carbocycles. The second-order valence-corrected chi connectivity index (χ2v) is 4.79. The van der Waals surface area contributed by atoms with Gasteiger partial charge in [0.15, 0.2) is 0 Å². The highest BCUT2D eigenvalue weighted by Gasteiger charge is 2.18. The molecule has 0 aromatic rings. The first-order valence-electron chi connectivity index (χ1n) is 5.17. The van der Waals surface area contributed by atoms with Crippen LogP contribution in [0.25, 0.3) is 0 Å². The molecule has 0 amide bonds. The van der Waals surface area contributed by atoms with Gasteiger partial charge < -0.3 is 0 Å². The van der Waals surface area contributed by atoms with Gasteiger partial charge in [0, 0.05) is 10.2 Å². The highest BCUT2D eigenvalue weighted by Crippen LogP contribution is 2.38. The highest BCUT2D eigenvalue weighted by molar-refractivity contribution is 6.15. The Hall–Kier alpha value is -0.303. The fourth-order valence-electron chi connectivity index (χ4n) is 2.30. The molecule has 68 valence electrons. The lowest BCUT2D eigenvalue weighted by Crippen LogP contribution is -1.91. The maximum atomic E-state index is 2.50. The zero-order chi connectivity index (χ0) is 9.14. The van der Waals surface area contributed by atoms with Crippen molar-refractivity contribution in [1.29, 1.82) is 0 Å². The van der Waals surface area contributed by atoms with Crippen molar-refractivity contribution in [3.63, 3.8) is 0 Å². The normalized spacial score (nSPS) is 23.6. The minimum absolute atomic E-state index is 0.847. The van der Waals surface area contributed by atoms with Gasteiger partial charge in [0.25, 0.3) is 0 Å². The second kappa shape index (κ2) is 4.08. The molecule has 0 saturated heterocycles. The van der Waals surface area contributed by atoms with Gasteiger partial charge in [-0.15, -0.1) is 0 Å². The van der Waals surface area contributed by atoms with Gasteiger partial charge in [0.05, 0.1) is 0 Å². The van der Waals surface area contributed by atoms with E-state index in [1.54, 1.807) is 16.7 Å². The molecule has 1 unspecified atom stereocenters. The molecule has 0 aliphatic heterocycles. The molecule has 0 radical (unpaired) electrons. The molecule has 0 fully saturated rings. The van der Waals surface area contributed by atoms with E-state index in [1.807, 2.05) is 0 Å². The Kier molecular flexibility index (Phi) is 3.33. The first-order chi connectivity index (χ1) is 5.74. The van der Waals surface area contributed by atoms with Crippen LogP contribution in [0.15, 0.2) is 22.8 Å². The van der Waals surface area contributed by atoms with Crippen molar-refractivity contribution < 1.29 is 0 Å². The Balaban J connectivity index is 2.94. The zero-order valence-corrected chi connectivity index (χ0v) is 10.8. The predicted molar refractivity (Wildman–Crippen MR) is 59.7 cm³/mol. The molecule has 1 aliphatic carbocycles. The van der Waals surface area contributed by atoms with Gasteiger partial charge in [0.2, 0.25) is 0 Å². The lowest BCUT2D eigenvalue weighted by Gasteiger charge is -2.08. The molecular weight excluding hydrogens is 160 g/mol. The van der Waals surface area contributed by atoms with E-state index >= 15 is 0 Å². The average Bonchev–Trinajstić information content (AvgIpc) is 2.40. The lowest BCUT2D eigenvalue weighted by atomic mass is 10.0. The summed E-state index contributed by atoms with van der Waals surface area (Å²) in [6.07, 6.45) is 6.23. The van der Waals surface area contributed by atoms with E-state index in [0.717, 1.165) is 5.54 Å². The zero-order valence-electron chi connectivity index (χ0n) is 8.78. The summed E-state index contributed by atoms with van der Waals surface area (Å²) in [5.74, 6) is 0. The van der Waals surface area contributed by atoms with Gasteiger partial charge in [0.1, 0.15) is 0 Å². The molecule has 0 spiro atoms. The second-order valence-electron chi connectivity index (χ2n) is 3.55. The quantitative estimate of drug-likeness (QED) is 0.586. The van der Waals surface area contributed by atoms with E-state index in [1.165, 1.54) is 29.5 Å². The first-order valence-corrected chi connectivity index (χ1v) is 6.32. The standard InChI is InChI=1S/C11H20Si/c1-4-8-7-11(12)10(6-3)9(8)5-2/h7,11H,4-6H2,1-3,12H3. The summed E-state index contributed by atoms with van der Waals surface area (Å²) in [4.78, 5) is 0. The molecule has 1 aliphatic rings. The summed E-state index contributed by atoms with van der Waals surface area (Å²) in [5.41, 5.74) is 5.90. The smallest absolute Gasteiger partial charge is 0.0167 e. The van der Waals surface area contributed by atoms with Crippen LogP contribution in [-0.2, 0) is 0 Å². The minimum Gasteiger partial charge on any atom is -0.0776 e. The van der Waals surface area contributed by atoms with E-state index in [0.29, 0.717) is 0 Å². The van der Waals surface area contributed by atoms with Crippen LogP contribution in [0.2, 0.25) is 5.54 Å². The first kappa shape index (κ1) is 9.78. The third-order valence-corrected chi connectivity index (χ3v) is 3.92. The van der Waals surface area contributed by atoms with Crippen LogP contribution in [-0.4, -0.2) is 10.2 Å². The average molecular weight is 180 g/mol. The van der Waals surface area contributed by atoms with Crippen LogP contribution in [0.3, 0.4) is 0 Å². The van der Waals surface area contributed by atoms with Gasteiger partial charge in [-0.25, -0.2) is 0 Å². The van der Waals surface area contributed by atoms with Crippen molar-refractivity contribution in [3.8, 4) is 0 Å². The molecule has 1 heteroatoms. The maximum Gasteiger partial charge on any atom is 0.0167 e. The van der Waals surface area contributed by atoms with E-state index in [2.05, 4.69) is 26.8 Å². The molecular formula is C11H20Si. The summed E-state index contributed by atoms with van der Waals surface area (Å²) in [5, 5.41) is 0. The van der Waals surface area contributed by atoms with Crippen LogP contribution in [0.4, 0.5) is 0 Å². The molecule has 1 atom stereocenters. The molecule has 12 heavy (non-hydrogen) atoms. The Morgan fingerprint density at radius 2 is 1.83 bits per heavy atom. The number of allylic oxidation sites excluding steroid dienone is 4. The molecule has 0 nitrogen and oxygen atoms in total. The number of hydrogen-bond acceptors (Lipinski definition) is 0. The van der Waals surface area contributed by atoms with Crippen LogP contribution in [0, 0.1) is 0 Å². The van der Waals surface area contributed by atoms with Crippen molar-refractivity contribution in [2.24, 2.45) is 0 Å². The van der Waals surface area contributed by atoms with Gasteiger partial charge in [-0.1, -0.05) is 32.4 Å². The van der Waals surface area contributed by atoms with Gasteiger partial charge in [-0.3, -0.25) is 0 Å². The maximum absolute atomic E-state index is 2.50. The SMILES string of the molecule is CCC1=CC([SiH3])C(CC)=C1CC. The molecule has 1 rings (SSSR count). The fourth-order valence-corrected chi connectivity index (χ4v) is 3.46. The molecule has 0 bridgehead atoms. The third kappa shape index (κ3) is 1.56. The molecule has 0 aromatic heterocycles. The van der Waals surface area contributed by atoms with E-state index in [4.69, 9.17) is 0 Å². The van der Waals surface area contributed by atoms with Gasteiger partial charge in [-0.05, 0) is 35.9 Å². The molecule has 0 aromatic carbocycles. The topological polar surface area (TPSA) is 0 Å². The van der Waals surface area contributed by atoms with Crippen molar-refractivity contribution in [2.45, 2.75) is 45.6 Å². The minimum atomic E-state index is 0.847. The van der Waals surface area contributed by atoms with Crippen molar-refractivity contribution in [1.82, 2.24) is 0 Å². The van der Waals surface area contributed by atoms with Gasteiger partial charge >= 0.3 is 0 Å². The summed E-state index contributed by atoms with van der Waals surface area (Å²) < 4.78 is 0. The van der Waals surface area contributed by atoms with Crippen LogP contribution in [0.5, 0.6) is 0 Å². The molecule has 0 N–H and O–H groups in total. The van der Waals surface area contributed by atoms with E-state index < -0.39 is 0 Å². The summed E-state index contributed by atoms with van der Waals surface area (Å²) in [7, 11) is 1.30. The van der Waals surface area contributed by atoms with Crippen molar-refractivity contribution >= 4 is 10.2 Å². The summed E-state index contributed by atoms with van der Waals surface area (Å²) in [6.45, 7) is 6.85. The monoisotopic (exact) mass is 180 g/mol.